The average molecular weight is 436 g/mol. The van der Waals surface area contributed by atoms with Crippen molar-refractivity contribution in [3.8, 4) is 0 Å². The number of amides is 2. The van der Waals surface area contributed by atoms with Crippen LogP contribution in [0.3, 0.4) is 0 Å². The van der Waals surface area contributed by atoms with Gasteiger partial charge in [0, 0.05) is 49.9 Å². The number of rotatable bonds is 4. The molecule has 3 rings (SSSR count). The molecule has 7 heteroatoms. The standard InChI is InChI=1S/C23H34ClN3O3/c1-15-13-19(16(2)27(17(3)28)18-7-8-18)21(14-20(15)24)25-9-11-26(12-10-25)22(29)30-23(4,5)6/h13-14,16,18H,7-12H2,1-6H3. The number of halogens is 1. The van der Waals surface area contributed by atoms with Gasteiger partial charge in [-0.3, -0.25) is 4.79 Å². The van der Waals surface area contributed by atoms with E-state index in [1.165, 1.54) is 0 Å². The van der Waals surface area contributed by atoms with E-state index in [1.54, 1.807) is 11.8 Å². The van der Waals surface area contributed by atoms with Crippen molar-refractivity contribution in [2.24, 2.45) is 0 Å². The highest BCUT2D eigenvalue weighted by Crippen LogP contribution is 2.39. The fourth-order valence-corrected chi connectivity index (χ4v) is 4.26. The zero-order chi connectivity index (χ0) is 22.2. The van der Waals surface area contributed by atoms with Gasteiger partial charge in [0.25, 0.3) is 0 Å². The van der Waals surface area contributed by atoms with Crippen LogP contribution in [0.4, 0.5) is 10.5 Å². The number of aryl methyl sites for hydroxylation is 1. The Bertz CT molecular complexity index is 809. The molecule has 2 aliphatic rings. The molecule has 0 spiro atoms. The van der Waals surface area contributed by atoms with Gasteiger partial charge in [0.15, 0.2) is 0 Å². The van der Waals surface area contributed by atoms with Crippen molar-refractivity contribution >= 4 is 29.3 Å². The number of carbonyl (C=O) groups is 2. The number of hydrogen-bond donors (Lipinski definition) is 0. The number of hydrogen-bond acceptors (Lipinski definition) is 4. The Kier molecular flexibility index (Phi) is 6.56. The van der Waals surface area contributed by atoms with Gasteiger partial charge in [-0.25, -0.2) is 4.79 Å². The first-order valence-electron chi connectivity index (χ1n) is 10.8. The monoisotopic (exact) mass is 435 g/mol. The summed E-state index contributed by atoms with van der Waals surface area (Å²) >= 11 is 6.49. The molecule has 0 bridgehead atoms. The minimum absolute atomic E-state index is 0.0233. The molecule has 1 heterocycles. The molecule has 1 atom stereocenters. The first kappa shape index (κ1) is 22.7. The second kappa shape index (κ2) is 8.66. The molecule has 0 aromatic heterocycles. The second-order valence-corrected chi connectivity index (χ2v) is 9.86. The van der Waals surface area contributed by atoms with Gasteiger partial charge in [0.05, 0.1) is 6.04 Å². The van der Waals surface area contributed by atoms with Crippen LogP contribution < -0.4 is 4.90 Å². The summed E-state index contributed by atoms with van der Waals surface area (Å²) in [6.45, 7) is 14.0. The van der Waals surface area contributed by atoms with Crippen LogP contribution in [0, 0.1) is 6.92 Å². The van der Waals surface area contributed by atoms with Gasteiger partial charge < -0.3 is 19.4 Å². The fraction of sp³-hybridized carbons (Fsp3) is 0.652. The molecule has 1 aromatic rings. The smallest absolute Gasteiger partial charge is 0.410 e. The molecule has 1 aromatic carbocycles. The number of anilines is 1. The summed E-state index contributed by atoms with van der Waals surface area (Å²) in [6.07, 6.45) is 1.87. The lowest BCUT2D eigenvalue weighted by molar-refractivity contribution is -0.131. The molecule has 6 nitrogen and oxygen atoms in total. The van der Waals surface area contributed by atoms with E-state index < -0.39 is 5.60 Å². The average Bonchev–Trinajstić information content (AvgIpc) is 3.47. The van der Waals surface area contributed by atoms with Crippen LogP contribution in [0.5, 0.6) is 0 Å². The summed E-state index contributed by atoms with van der Waals surface area (Å²) in [6, 6.07) is 4.44. The van der Waals surface area contributed by atoms with Crippen LogP contribution in [0.25, 0.3) is 0 Å². The van der Waals surface area contributed by atoms with Gasteiger partial charge in [-0.15, -0.1) is 0 Å². The Balaban J connectivity index is 1.80. The summed E-state index contributed by atoms with van der Waals surface area (Å²) in [5, 5.41) is 0.719. The van der Waals surface area contributed by atoms with Crippen molar-refractivity contribution in [3.05, 3.63) is 28.3 Å². The molecule has 166 valence electrons. The maximum Gasteiger partial charge on any atom is 0.410 e. The van der Waals surface area contributed by atoms with Gasteiger partial charge >= 0.3 is 6.09 Å². The molecule has 1 aliphatic heterocycles. The Morgan fingerprint density at radius 2 is 1.77 bits per heavy atom. The van der Waals surface area contributed by atoms with E-state index in [9.17, 15) is 9.59 Å². The highest BCUT2D eigenvalue weighted by molar-refractivity contribution is 6.31. The molecule has 1 unspecified atom stereocenters. The van der Waals surface area contributed by atoms with Crippen LogP contribution in [0.15, 0.2) is 12.1 Å². The first-order valence-corrected chi connectivity index (χ1v) is 11.2. The second-order valence-electron chi connectivity index (χ2n) is 9.45. The van der Waals surface area contributed by atoms with E-state index in [-0.39, 0.29) is 18.0 Å². The normalized spacial score (nSPS) is 18.2. The molecular weight excluding hydrogens is 402 g/mol. The molecule has 1 saturated heterocycles. The lowest BCUT2D eigenvalue weighted by atomic mass is 10.00. The Morgan fingerprint density at radius 3 is 2.27 bits per heavy atom. The van der Waals surface area contributed by atoms with Crippen molar-refractivity contribution in [3.63, 3.8) is 0 Å². The summed E-state index contributed by atoms with van der Waals surface area (Å²) < 4.78 is 5.51. The highest BCUT2D eigenvalue weighted by Gasteiger charge is 2.36. The Hall–Kier alpha value is -1.95. The summed E-state index contributed by atoms with van der Waals surface area (Å²) in [5.41, 5.74) is 2.67. The predicted octanol–water partition coefficient (Wildman–Crippen LogP) is 4.78. The third kappa shape index (κ3) is 5.20. The molecule has 2 amide bonds. The van der Waals surface area contributed by atoms with Gasteiger partial charge in [-0.1, -0.05) is 17.7 Å². The summed E-state index contributed by atoms with van der Waals surface area (Å²) in [7, 11) is 0. The number of carbonyl (C=O) groups excluding carboxylic acids is 2. The van der Waals surface area contributed by atoms with E-state index >= 15 is 0 Å². The van der Waals surface area contributed by atoms with Crippen molar-refractivity contribution in [2.45, 2.75) is 72.1 Å². The Morgan fingerprint density at radius 1 is 1.17 bits per heavy atom. The first-order chi connectivity index (χ1) is 14.0. The van der Waals surface area contributed by atoms with E-state index in [0.29, 0.717) is 32.2 Å². The van der Waals surface area contributed by atoms with E-state index in [2.05, 4.69) is 17.9 Å². The highest BCUT2D eigenvalue weighted by atomic mass is 35.5. The fourth-order valence-electron chi connectivity index (χ4n) is 4.11. The molecule has 30 heavy (non-hydrogen) atoms. The van der Waals surface area contributed by atoms with Crippen LogP contribution in [-0.2, 0) is 9.53 Å². The van der Waals surface area contributed by atoms with Crippen LogP contribution in [-0.4, -0.2) is 59.6 Å². The summed E-state index contributed by atoms with van der Waals surface area (Å²) in [5.74, 6) is 0.110. The largest absolute Gasteiger partial charge is 0.444 e. The lowest BCUT2D eigenvalue weighted by Gasteiger charge is -2.39. The van der Waals surface area contributed by atoms with E-state index in [4.69, 9.17) is 16.3 Å². The zero-order valence-corrected chi connectivity index (χ0v) is 19.8. The predicted molar refractivity (Wildman–Crippen MR) is 120 cm³/mol. The molecule has 0 radical (unpaired) electrons. The van der Waals surface area contributed by atoms with Crippen LogP contribution >= 0.6 is 11.6 Å². The maximum atomic E-state index is 12.4. The molecular formula is C23H34ClN3O3. The molecule has 2 fully saturated rings. The quantitative estimate of drug-likeness (QED) is 0.683. The third-order valence-corrected chi connectivity index (χ3v) is 6.16. The number of nitrogens with zero attached hydrogens (tertiary/aromatic N) is 3. The van der Waals surface area contributed by atoms with Gasteiger partial charge in [0.1, 0.15) is 5.60 Å². The van der Waals surface area contributed by atoms with Gasteiger partial charge in [-0.05, 0) is 64.7 Å². The SMILES string of the molecule is CC(=O)N(C1CC1)C(C)c1cc(C)c(Cl)cc1N1CCN(C(=O)OC(C)(C)C)CC1. The molecule has 0 N–H and O–H groups in total. The molecule has 1 aliphatic carbocycles. The minimum Gasteiger partial charge on any atom is -0.444 e. The zero-order valence-electron chi connectivity index (χ0n) is 19.0. The minimum atomic E-state index is -0.500. The maximum absolute atomic E-state index is 12.4. The van der Waals surface area contributed by atoms with Gasteiger partial charge in [-0.2, -0.15) is 0 Å². The Labute approximate surface area is 185 Å². The van der Waals surface area contributed by atoms with E-state index in [1.807, 2.05) is 38.7 Å². The summed E-state index contributed by atoms with van der Waals surface area (Å²) in [4.78, 5) is 30.8. The van der Waals surface area contributed by atoms with Crippen molar-refractivity contribution in [1.29, 1.82) is 0 Å². The topological polar surface area (TPSA) is 53.1 Å². The number of benzene rings is 1. The number of ether oxygens (including phenoxy) is 1. The van der Waals surface area contributed by atoms with Crippen LogP contribution in [0.2, 0.25) is 5.02 Å². The van der Waals surface area contributed by atoms with Crippen LogP contribution in [0.1, 0.15) is 64.6 Å². The van der Waals surface area contributed by atoms with E-state index in [0.717, 1.165) is 34.7 Å². The third-order valence-electron chi connectivity index (χ3n) is 5.75. The lowest BCUT2D eigenvalue weighted by Crippen LogP contribution is -2.50. The molecule has 1 saturated carbocycles. The van der Waals surface area contributed by atoms with Crippen molar-refractivity contribution < 1.29 is 14.3 Å². The van der Waals surface area contributed by atoms with Gasteiger partial charge in [0.2, 0.25) is 5.91 Å². The number of piperazine rings is 1. The van der Waals surface area contributed by atoms with Crippen molar-refractivity contribution in [1.82, 2.24) is 9.80 Å². The van der Waals surface area contributed by atoms with Crippen molar-refractivity contribution in [2.75, 3.05) is 31.1 Å².